The average molecular weight is 413 g/mol. The highest BCUT2D eigenvalue weighted by Gasteiger charge is 2.15. The second-order valence-electron chi connectivity index (χ2n) is 6.93. The molecule has 0 aliphatic heterocycles. The van der Waals surface area contributed by atoms with Crippen molar-refractivity contribution < 1.29 is 9.59 Å². The second kappa shape index (κ2) is 9.00. The van der Waals surface area contributed by atoms with Gasteiger partial charge in [0.15, 0.2) is 0 Å². The molecule has 2 N–H and O–H groups in total. The minimum absolute atomic E-state index is 0.115. The van der Waals surface area contributed by atoms with Crippen LogP contribution in [0.4, 0.5) is 0 Å². The van der Waals surface area contributed by atoms with Gasteiger partial charge in [-0.1, -0.05) is 25.1 Å². The van der Waals surface area contributed by atoms with Crippen LogP contribution in [0.3, 0.4) is 0 Å². The lowest BCUT2D eigenvalue weighted by atomic mass is 10.0. The Hall–Kier alpha value is -3.00. The summed E-state index contributed by atoms with van der Waals surface area (Å²) in [6.07, 6.45) is 2.20. The standard InChI is InChI=1S/C21H24N4O3S/c1-4-7-22-17(26)9-23-18(27)10-25-12-24-20-19(21(25)28)16(11-29-20)15-6-5-13(2)14(3)8-15/h5-6,8,11-12H,4,7,9-10H2,1-3H3,(H,22,26)(H,23,27). The number of hydrogen-bond acceptors (Lipinski definition) is 5. The van der Waals surface area contributed by atoms with Crippen molar-refractivity contribution in [2.24, 2.45) is 0 Å². The maximum atomic E-state index is 13.0. The van der Waals surface area contributed by atoms with Crippen LogP contribution in [0.15, 0.2) is 34.7 Å². The van der Waals surface area contributed by atoms with Gasteiger partial charge in [-0.05, 0) is 37.0 Å². The summed E-state index contributed by atoms with van der Waals surface area (Å²) in [5, 5.41) is 7.65. The van der Waals surface area contributed by atoms with Crippen LogP contribution in [0.1, 0.15) is 24.5 Å². The van der Waals surface area contributed by atoms with E-state index in [2.05, 4.69) is 21.7 Å². The molecular weight excluding hydrogens is 388 g/mol. The van der Waals surface area contributed by atoms with Gasteiger partial charge in [-0.2, -0.15) is 0 Å². The fraction of sp³-hybridized carbons (Fsp3) is 0.333. The van der Waals surface area contributed by atoms with E-state index < -0.39 is 5.91 Å². The number of amides is 2. The van der Waals surface area contributed by atoms with Crippen LogP contribution in [0.25, 0.3) is 21.3 Å². The van der Waals surface area contributed by atoms with Crippen LogP contribution < -0.4 is 16.2 Å². The molecule has 0 bridgehead atoms. The molecule has 8 heteroatoms. The van der Waals surface area contributed by atoms with E-state index >= 15 is 0 Å². The van der Waals surface area contributed by atoms with Gasteiger partial charge >= 0.3 is 0 Å². The first-order chi connectivity index (χ1) is 13.9. The molecule has 2 aromatic heterocycles. The lowest BCUT2D eigenvalue weighted by Gasteiger charge is -2.08. The number of nitrogens with zero attached hydrogens (tertiary/aromatic N) is 2. The number of aromatic nitrogens is 2. The molecule has 0 spiro atoms. The van der Waals surface area contributed by atoms with Crippen molar-refractivity contribution in [3.05, 3.63) is 51.4 Å². The smallest absolute Gasteiger partial charge is 0.263 e. The molecule has 0 saturated heterocycles. The SMILES string of the molecule is CCCNC(=O)CNC(=O)Cn1cnc2scc(-c3ccc(C)c(C)c3)c2c1=O. The Kier molecular flexibility index (Phi) is 6.43. The molecule has 0 aliphatic carbocycles. The summed E-state index contributed by atoms with van der Waals surface area (Å²) >= 11 is 1.40. The van der Waals surface area contributed by atoms with E-state index in [1.807, 2.05) is 38.3 Å². The van der Waals surface area contributed by atoms with Crippen LogP contribution in [-0.4, -0.2) is 34.5 Å². The molecule has 3 aromatic rings. The molecule has 2 heterocycles. The van der Waals surface area contributed by atoms with Crippen molar-refractivity contribution in [3.8, 4) is 11.1 Å². The third-order valence-corrected chi connectivity index (χ3v) is 5.60. The monoisotopic (exact) mass is 412 g/mol. The van der Waals surface area contributed by atoms with Gasteiger partial charge < -0.3 is 10.6 Å². The molecule has 1 aromatic carbocycles. The first-order valence-corrected chi connectivity index (χ1v) is 10.4. The Bertz CT molecular complexity index is 1120. The third-order valence-electron chi connectivity index (χ3n) is 4.71. The van der Waals surface area contributed by atoms with Gasteiger partial charge in [0.1, 0.15) is 11.4 Å². The van der Waals surface area contributed by atoms with Crippen molar-refractivity contribution in [3.63, 3.8) is 0 Å². The largest absolute Gasteiger partial charge is 0.355 e. The van der Waals surface area contributed by atoms with Crippen LogP contribution in [-0.2, 0) is 16.1 Å². The number of hydrogen-bond donors (Lipinski definition) is 2. The fourth-order valence-corrected chi connectivity index (χ4v) is 3.82. The first-order valence-electron chi connectivity index (χ1n) is 9.48. The Morgan fingerprint density at radius 3 is 2.66 bits per heavy atom. The predicted molar refractivity (Wildman–Crippen MR) is 115 cm³/mol. The molecule has 29 heavy (non-hydrogen) atoms. The zero-order valence-electron chi connectivity index (χ0n) is 16.7. The minimum Gasteiger partial charge on any atom is -0.355 e. The van der Waals surface area contributed by atoms with Crippen LogP contribution in [0, 0.1) is 13.8 Å². The van der Waals surface area contributed by atoms with Crippen molar-refractivity contribution in [2.45, 2.75) is 33.7 Å². The molecule has 3 rings (SSSR count). The zero-order valence-corrected chi connectivity index (χ0v) is 17.6. The summed E-state index contributed by atoms with van der Waals surface area (Å²) in [5.74, 6) is -0.668. The topological polar surface area (TPSA) is 93.1 Å². The van der Waals surface area contributed by atoms with E-state index in [1.54, 1.807) is 0 Å². The Morgan fingerprint density at radius 1 is 1.14 bits per heavy atom. The van der Waals surface area contributed by atoms with Gasteiger partial charge in [0.2, 0.25) is 11.8 Å². The van der Waals surface area contributed by atoms with Crippen LogP contribution >= 0.6 is 11.3 Å². The molecule has 0 fully saturated rings. The number of fused-ring (bicyclic) bond motifs is 1. The second-order valence-corrected chi connectivity index (χ2v) is 7.79. The van der Waals surface area contributed by atoms with Crippen molar-refractivity contribution in [1.29, 1.82) is 0 Å². The number of carbonyl (C=O) groups excluding carboxylic acids is 2. The van der Waals surface area contributed by atoms with Crippen LogP contribution in [0.5, 0.6) is 0 Å². The Labute approximate surface area is 172 Å². The van der Waals surface area contributed by atoms with Gasteiger partial charge in [0.05, 0.1) is 18.3 Å². The van der Waals surface area contributed by atoms with E-state index in [1.165, 1.54) is 27.8 Å². The Morgan fingerprint density at radius 2 is 1.93 bits per heavy atom. The summed E-state index contributed by atoms with van der Waals surface area (Å²) in [4.78, 5) is 41.8. The predicted octanol–water partition coefficient (Wildman–Crippen LogP) is 2.38. The number of benzene rings is 1. The number of aryl methyl sites for hydroxylation is 2. The third kappa shape index (κ3) is 4.71. The van der Waals surface area contributed by atoms with E-state index in [0.717, 1.165) is 23.1 Å². The quantitative estimate of drug-likeness (QED) is 0.623. The molecule has 0 unspecified atom stereocenters. The zero-order chi connectivity index (χ0) is 21.0. The molecule has 0 atom stereocenters. The van der Waals surface area contributed by atoms with E-state index in [4.69, 9.17) is 0 Å². The highest BCUT2D eigenvalue weighted by atomic mass is 32.1. The lowest BCUT2D eigenvalue weighted by molar-refractivity contribution is -0.126. The van der Waals surface area contributed by atoms with Crippen LogP contribution in [0.2, 0.25) is 0 Å². The summed E-state index contributed by atoms with van der Waals surface area (Å²) in [5.41, 5.74) is 3.83. The first kappa shape index (κ1) is 20.7. The average Bonchev–Trinajstić information content (AvgIpc) is 3.14. The summed E-state index contributed by atoms with van der Waals surface area (Å²) in [7, 11) is 0. The normalized spacial score (nSPS) is 10.9. The van der Waals surface area contributed by atoms with E-state index in [-0.39, 0.29) is 24.6 Å². The number of thiophene rings is 1. The highest BCUT2D eigenvalue weighted by molar-refractivity contribution is 7.17. The number of rotatable bonds is 7. The number of nitrogens with one attached hydrogen (secondary N) is 2. The molecular formula is C21H24N4O3S. The molecule has 0 radical (unpaired) electrons. The maximum absolute atomic E-state index is 13.0. The highest BCUT2D eigenvalue weighted by Crippen LogP contribution is 2.31. The molecule has 7 nitrogen and oxygen atoms in total. The van der Waals surface area contributed by atoms with Crippen molar-refractivity contribution >= 4 is 33.4 Å². The summed E-state index contributed by atoms with van der Waals surface area (Å²) in [6.45, 7) is 6.28. The molecule has 152 valence electrons. The molecule has 2 amide bonds. The van der Waals surface area contributed by atoms with Gasteiger partial charge in [-0.15, -0.1) is 11.3 Å². The maximum Gasteiger partial charge on any atom is 0.263 e. The molecule has 0 saturated carbocycles. The van der Waals surface area contributed by atoms with Crippen molar-refractivity contribution in [2.75, 3.05) is 13.1 Å². The minimum atomic E-state index is -0.414. The van der Waals surface area contributed by atoms with Gasteiger partial charge in [0, 0.05) is 17.5 Å². The summed E-state index contributed by atoms with van der Waals surface area (Å²) in [6, 6.07) is 6.07. The molecule has 0 aliphatic rings. The van der Waals surface area contributed by atoms with Gasteiger partial charge in [0.25, 0.3) is 5.56 Å². The lowest BCUT2D eigenvalue weighted by Crippen LogP contribution is -2.39. The fourth-order valence-electron chi connectivity index (χ4n) is 2.92. The Balaban J connectivity index is 1.82. The van der Waals surface area contributed by atoms with Gasteiger partial charge in [-0.3, -0.25) is 19.0 Å². The summed E-state index contributed by atoms with van der Waals surface area (Å²) < 4.78 is 1.28. The van der Waals surface area contributed by atoms with E-state index in [0.29, 0.717) is 16.8 Å². The van der Waals surface area contributed by atoms with Gasteiger partial charge in [-0.25, -0.2) is 4.98 Å². The van der Waals surface area contributed by atoms with E-state index in [9.17, 15) is 14.4 Å². The number of carbonyl (C=O) groups is 2. The van der Waals surface area contributed by atoms with Crippen molar-refractivity contribution in [1.82, 2.24) is 20.2 Å².